The Morgan fingerprint density at radius 2 is 1.15 bits per heavy atom. The van der Waals surface area contributed by atoms with E-state index in [0.29, 0.717) is 0 Å². The SMILES string of the molecule is Cc1cc2c3c(c1)N1c4c(cc5c(c4B3c3ccc(N(c4ccc(C(C)(C)C)cc4)c4ccc6c(c4)oc4ccccc46)cc3N2c2ccc(C(C)(C)C)cc2-c2ccccc2)C(C)(C)CCC5(C)C)C2(C)CCCCC12C. The highest BCUT2D eigenvalue weighted by molar-refractivity contribution is 7.00. The van der Waals surface area contributed by atoms with Gasteiger partial charge in [0.25, 0.3) is 6.71 Å². The summed E-state index contributed by atoms with van der Waals surface area (Å²) in [6, 6.07) is 58.5. The van der Waals surface area contributed by atoms with Gasteiger partial charge in [-0.3, -0.25) is 0 Å². The molecule has 8 aromatic carbocycles. The number of fused-ring (bicyclic) bond motifs is 12. The van der Waals surface area contributed by atoms with Gasteiger partial charge in [0.05, 0.1) is 11.2 Å². The molecule has 2 atom stereocenters. The monoisotopic (exact) mass is 1020 g/mol. The molecule has 4 nitrogen and oxygen atoms in total. The lowest BCUT2D eigenvalue weighted by atomic mass is 9.31. The molecule has 0 bridgehead atoms. The minimum absolute atomic E-state index is 0.00815. The summed E-state index contributed by atoms with van der Waals surface area (Å²) in [7, 11) is 0. The van der Waals surface area contributed by atoms with Crippen molar-refractivity contribution in [1.29, 1.82) is 0 Å². The summed E-state index contributed by atoms with van der Waals surface area (Å²) < 4.78 is 6.67. The molecule has 4 heterocycles. The molecule has 0 spiro atoms. The highest BCUT2D eigenvalue weighted by Gasteiger charge is 2.63. The first-order valence-corrected chi connectivity index (χ1v) is 29.2. The summed E-state index contributed by atoms with van der Waals surface area (Å²) >= 11 is 0. The molecule has 5 heteroatoms. The van der Waals surface area contributed by atoms with Crippen LogP contribution in [0.25, 0.3) is 33.1 Å². The average Bonchev–Trinajstić information content (AvgIpc) is 2.06. The number of para-hydroxylation sites is 1. The Bertz CT molecular complexity index is 3960. The fraction of sp³-hybridized carbons (Fsp3) is 0.342. The van der Waals surface area contributed by atoms with Gasteiger partial charge in [-0.2, -0.15) is 0 Å². The fourth-order valence-electron chi connectivity index (χ4n) is 15.5. The molecule has 78 heavy (non-hydrogen) atoms. The normalized spacial score (nSPS) is 20.6. The minimum atomic E-state index is -0.0877. The first kappa shape index (κ1) is 49.3. The maximum absolute atomic E-state index is 6.67. The van der Waals surface area contributed by atoms with E-state index in [4.69, 9.17) is 4.42 Å². The second kappa shape index (κ2) is 16.5. The van der Waals surface area contributed by atoms with Gasteiger partial charge in [0, 0.05) is 67.6 Å². The van der Waals surface area contributed by atoms with E-state index in [2.05, 4.69) is 256 Å². The quantitative estimate of drug-likeness (QED) is 0.160. The van der Waals surface area contributed by atoms with E-state index in [-0.39, 0.29) is 39.3 Å². The van der Waals surface area contributed by atoms with E-state index in [1.54, 1.807) is 22.2 Å². The van der Waals surface area contributed by atoms with Crippen LogP contribution < -0.4 is 31.1 Å². The standard InChI is InChI=1S/C73H76BN3O/c1-45-39-60-65-61(40-45)77-67-56(72(12)35-19-20-36-73(72,77)13)44-55-64(71(10,11)38-37-70(55,8)9)66(67)74(65)57-33-31-50(42-59(57)76(60)58-34-27-48(69(5,6)7)41-54(58)46-21-15-14-16-22-46)75(49-28-25-47(26-29-49)68(2,3)4)51-30-32-53-52-23-17-18-24-62(52)78-63(53)43-51/h14-18,21-34,39-44H,19-20,35-38H2,1-13H3. The van der Waals surface area contributed by atoms with E-state index in [1.807, 2.05) is 0 Å². The van der Waals surface area contributed by atoms with Gasteiger partial charge in [-0.25, -0.2) is 0 Å². The molecule has 9 aromatic rings. The maximum Gasteiger partial charge on any atom is 0.252 e. The summed E-state index contributed by atoms with van der Waals surface area (Å²) in [5, 5.41) is 2.27. The zero-order valence-electron chi connectivity index (χ0n) is 48.5. The number of hydrogen-bond acceptors (Lipinski definition) is 4. The lowest BCUT2D eigenvalue weighted by molar-refractivity contribution is 0.195. The Hall–Kier alpha value is -6.98. The lowest BCUT2D eigenvalue weighted by Crippen LogP contribution is -2.66. The van der Waals surface area contributed by atoms with Gasteiger partial charge < -0.3 is 19.1 Å². The first-order chi connectivity index (χ1) is 37.1. The zero-order chi connectivity index (χ0) is 54.2. The third-order valence-corrected chi connectivity index (χ3v) is 20.2. The molecule has 0 saturated heterocycles. The van der Waals surface area contributed by atoms with Crippen LogP contribution in [0, 0.1) is 6.92 Å². The van der Waals surface area contributed by atoms with Crippen LogP contribution in [0.1, 0.15) is 155 Å². The number of rotatable bonds is 5. The zero-order valence-corrected chi connectivity index (χ0v) is 48.5. The van der Waals surface area contributed by atoms with Crippen LogP contribution in [0.5, 0.6) is 0 Å². The van der Waals surface area contributed by atoms with Gasteiger partial charge >= 0.3 is 0 Å². The average molecular weight is 1020 g/mol. The predicted molar refractivity (Wildman–Crippen MR) is 333 cm³/mol. The van der Waals surface area contributed by atoms with E-state index in [1.165, 1.54) is 99.3 Å². The van der Waals surface area contributed by atoms with Gasteiger partial charge in [0.1, 0.15) is 11.2 Å². The number of nitrogens with zero attached hydrogens (tertiary/aromatic N) is 3. The topological polar surface area (TPSA) is 22.9 Å². The van der Waals surface area contributed by atoms with Gasteiger partial charge in [0.15, 0.2) is 0 Å². The Morgan fingerprint density at radius 1 is 0.513 bits per heavy atom. The number of anilines is 8. The van der Waals surface area contributed by atoms with Crippen LogP contribution in [-0.2, 0) is 27.1 Å². The van der Waals surface area contributed by atoms with Crippen molar-refractivity contribution in [2.75, 3.05) is 14.7 Å². The van der Waals surface area contributed by atoms with Crippen molar-refractivity contribution in [3.05, 3.63) is 185 Å². The molecule has 1 aromatic heterocycles. The van der Waals surface area contributed by atoms with Crippen LogP contribution in [0.4, 0.5) is 45.5 Å². The van der Waals surface area contributed by atoms with Gasteiger partial charge in [-0.15, -0.1) is 0 Å². The van der Waals surface area contributed by atoms with E-state index < -0.39 is 0 Å². The molecule has 0 radical (unpaired) electrons. The van der Waals surface area contributed by atoms with Crippen LogP contribution in [0.15, 0.2) is 156 Å². The number of benzene rings is 8. The number of hydrogen-bond donors (Lipinski definition) is 0. The highest BCUT2D eigenvalue weighted by atomic mass is 16.3. The van der Waals surface area contributed by atoms with Crippen LogP contribution in [0.3, 0.4) is 0 Å². The third-order valence-electron chi connectivity index (χ3n) is 20.2. The first-order valence-electron chi connectivity index (χ1n) is 29.2. The summed E-state index contributed by atoms with van der Waals surface area (Å²) in [4.78, 5) is 8.12. The molecule has 2 aliphatic carbocycles. The third kappa shape index (κ3) is 6.97. The van der Waals surface area contributed by atoms with Crippen LogP contribution >= 0.6 is 0 Å². The minimum Gasteiger partial charge on any atom is -0.456 e. The van der Waals surface area contributed by atoms with Crippen molar-refractivity contribution in [1.82, 2.24) is 0 Å². The van der Waals surface area contributed by atoms with E-state index >= 15 is 0 Å². The molecule has 1 saturated carbocycles. The Labute approximate surface area is 464 Å². The van der Waals surface area contributed by atoms with Crippen molar-refractivity contribution in [2.24, 2.45) is 0 Å². The molecule has 392 valence electrons. The van der Waals surface area contributed by atoms with Crippen molar-refractivity contribution < 1.29 is 4.42 Å². The Kier molecular flexibility index (Phi) is 10.5. The van der Waals surface area contributed by atoms with Crippen molar-refractivity contribution in [2.45, 2.75) is 161 Å². The molecular weight excluding hydrogens is 946 g/mol. The summed E-state index contributed by atoms with van der Waals surface area (Å²) in [5.74, 6) is 0. The van der Waals surface area contributed by atoms with Gasteiger partial charge in [-0.1, -0.05) is 168 Å². The molecule has 2 unspecified atom stereocenters. The summed E-state index contributed by atoms with van der Waals surface area (Å²) in [6.45, 7) is 31.8. The van der Waals surface area contributed by atoms with Gasteiger partial charge in [0.2, 0.25) is 0 Å². The smallest absolute Gasteiger partial charge is 0.252 e. The van der Waals surface area contributed by atoms with E-state index in [9.17, 15) is 0 Å². The van der Waals surface area contributed by atoms with Crippen molar-refractivity contribution >= 4 is 90.5 Å². The van der Waals surface area contributed by atoms with Crippen molar-refractivity contribution in [3.8, 4) is 11.1 Å². The maximum atomic E-state index is 6.67. The molecule has 0 N–H and O–H groups in total. The van der Waals surface area contributed by atoms with Crippen LogP contribution in [0.2, 0.25) is 0 Å². The lowest BCUT2D eigenvalue weighted by Gasteiger charge is -2.53. The fourth-order valence-corrected chi connectivity index (χ4v) is 15.5. The number of aryl methyl sites for hydroxylation is 1. The summed E-state index contributed by atoms with van der Waals surface area (Å²) in [6.07, 6.45) is 7.22. The van der Waals surface area contributed by atoms with Gasteiger partial charge in [-0.05, 0) is 183 Å². The van der Waals surface area contributed by atoms with Crippen LogP contribution in [-0.4, -0.2) is 12.3 Å². The van der Waals surface area contributed by atoms with E-state index in [0.717, 1.165) is 45.4 Å². The molecule has 0 amide bonds. The second-order valence-electron chi connectivity index (χ2n) is 28.0. The van der Waals surface area contributed by atoms with Crippen molar-refractivity contribution in [3.63, 3.8) is 0 Å². The largest absolute Gasteiger partial charge is 0.456 e. The number of furan rings is 1. The highest BCUT2D eigenvalue weighted by Crippen LogP contribution is 2.64. The predicted octanol–water partition coefficient (Wildman–Crippen LogP) is 18.3. The molecule has 3 aliphatic heterocycles. The summed E-state index contributed by atoms with van der Waals surface area (Å²) in [5.41, 5.74) is 27.1. The Balaban J connectivity index is 1.11. The molecule has 1 fully saturated rings. The Morgan fingerprint density at radius 3 is 1.91 bits per heavy atom. The molecule has 5 aliphatic rings. The second-order valence-corrected chi connectivity index (χ2v) is 28.0. The molecular formula is C73H76BN3O. The molecule has 14 rings (SSSR count).